The van der Waals surface area contributed by atoms with E-state index in [-0.39, 0.29) is 0 Å². The molecule has 0 saturated carbocycles. The molecule has 0 unspecified atom stereocenters. The molecular formula is C19H22Cl2N6. The molecule has 1 fully saturated rings. The van der Waals surface area contributed by atoms with Crippen molar-refractivity contribution in [3.8, 4) is 5.69 Å². The summed E-state index contributed by atoms with van der Waals surface area (Å²) < 4.78 is 1.89. The van der Waals surface area contributed by atoms with Crippen molar-refractivity contribution in [3.63, 3.8) is 0 Å². The van der Waals surface area contributed by atoms with Crippen molar-refractivity contribution in [2.24, 2.45) is 0 Å². The van der Waals surface area contributed by atoms with Gasteiger partial charge in [-0.15, -0.1) is 0 Å². The Morgan fingerprint density at radius 3 is 2.56 bits per heavy atom. The van der Waals surface area contributed by atoms with Gasteiger partial charge in [-0.2, -0.15) is 5.10 Å². The van der Waals surface area contributed by atoms with Crippen LogP contribution in [0.15, 0.2) is 24.3 Å². The molecule has 0 amide bonds. The van der Waals surface area contributed by atoms with Crippen LogP contribution < -0.4 is 10.6 Å². The lowest BCUT2D eigenvalue weighted by Gasteiger charge is -2.33. The Kier molecular flexibility index (Phi) is 4.78. The second kappa shape index (κ2) is 7.09. The first kappa shape index (κ1) is 18.2. The van der Waals surface area contributed by atoms with Crippen molar-refractivity contribution in [1.82, 2.24) is 19.7 Å². The van der Waals surface area contributed by atoms with E-state index in [1.165, 1.54) is 0 Å². The summed E-state index contributed by atoms with van der Waals surface area (Å²) in [6, 6.07) is 7.53. The first-order chi connectivity index (χ1) is 12.9. The predicted molar refractivity (Wildman–Crippen MR) is 110 cm³/mol. The molecule has 0 spiro atoms. The third-order valence-corrected chi connectivity index (χ3v) is 5.65. The van der Waals surface area contributed by atoms with Gasteiger partial charge in [0.15, 0.2) is 5.95 Å². The molecule has 3 aromatic rings. The average molecular weight is 405 g/mol. The van der Waals surface area contributed by atoms with E-state index in [1.54, 1.807) is 12.1 Å². The van der Waals surface area contributed by atoms with Crippen molar-refractivity contribution >= 4 is 35.0 Å². The van der Waals surface area contributed by atoms with E-state index in [9.17, 15) is 0 Å². The number of hydrogen-bond donors (Lipinski definition) is 2. The van der Waals surface area contributed by atoms with Gasteiger partial charge in [0.25, 0.3) is 0 Å². The molecule has 1 aliphatic rings. The minimum atomic E-state index is 0.419. The molecule has 8 heteroatoms. The second-order valence-electron chi connectivity index (χ2n) is 7.05. The van der Waals surface area contributed by atoms with Gasteiger partial charge in [0.05, 0.1) is 22.1 Å². The highest BCUT2D eigenvalue weighted by Gasteiger charge is 2.26. The summed E-state index contributed by atoms with van der Waals surface area (Å²) in [5.41, 5.74) is 9.71. The number of aromatic nitrogens is 4. The molecule has 142 valence electrons. The number of rotatable bonds is 3. The maximum Gasteiger partial charge on any atom is 0.197 e. The van der Waals surface area contributed by atoms with Gasteiger partial charge in [0.1, 0.15) is 5.82 Å². The lowest BCUT2D eigenvalue weighted by atomic mass is 9.92. The number of nitrogen functional groups attached to an aromatic ring is 1. The fourth-order valence-electron chi connectivity index (χ4n) is 3.81. The van der Waals surface area contributed by atoms with Gasteiger partial charge >= 0.3 is 0 Å². The van der Waals surface area contributed by atoms with Crippen molar-refractivity contribution in [1.29, 1.82) is 0 Å². The summed E-state index contributed by atoms with van der Waals surface area (Å²) in [4.78, 5) is 9.93. The number of nitrogens with one attached hydrogen (secondary N) is 1. The number of halogens is 2. The average Bonchev–Trinajstić information content (AvgIpc) is 3.19. The van der Waals surface area contributed by atoms with Gasteiger partial charge in [0, 0.05) is 35.8 Å². The summed E-state index contributed by atoms with van der Waals surface area (Å²) in [6.45, 7) is 5.85. The Labute approximate surface area is 168 Å². The van der Waals surface area contributed by atoms with Crippen LogP contribution in [-0.4, -0.2) is 32.8 Å². The Hall–Kier alpha value is -2.18. The number of nitrogens with zero attached hydrogens (tertiary/aromatic N) is 4. The summed E-state index contributed by atoms with van der Waals surface area (Å²) in [5.74, 6) is 1.95. The van der Waals surface area contributed by atoms with Crippen LogP contribution in [0.2, 0.25) is 10.0 Å². The van der Waals surface area contributed by atoms with E-state index in [1.807, 2.05) is 24.6 Å². The van der Waals surface area contributed by atoms with Crippen LogP contribution >= 0.6 is 23.2 Å². The molecule has 1 saturated heterocycles. The van der Waals surface area contributed by atoms with Crippen molar-refractivity contribution in [3.05, 3.63) is 51.4 Å². The molecule has 0 bridgehead atoms. The molecule has 27 heavy (non-hydrogen) atoms. The Morgan fingerprint density at radius 1 is 1.15 bits per heavy atom. The van der Waals surface area contributed by atoms with E-state index in [4.69, 9.17) is 28.9 Å². The monoisotopic (exact) mass is 404 g/mol. The van der Waals surface area contributed by atoms with Crippen LogP contribution in [0.4, 0.5) is 11.8 Å². The zero-order chi connectivity index (χ0) is 19.1. The predicted octanol–water partition coefficient (Wildman–Crippen LogP) is 4.49. The largest absolute Gasteiger partial charge is 0.369 e. The van der Waals surface area contributed by atoms with Crippen LogP contribution in [-0.2, 0) is 0 Å². The highest BCUT2D eigenvalue weighted by atomic mass is 35.5. The van der Waals surface area contributed by atoms with Crippen LogP contribution in [0, 0.1) is 13.8 Å². The first-order valence-electron chi connectivity index (χ1n) is 9.01. The minimum absolute atomic E-state index is 0.419. The molecule has 0 aliphatic carbocycles. The minimum Gasteiger partial charge on any atom is -0.369 e. The number of aryl methyl sites for hydroxylation is 2. The quantitative estimate of drug-likeness (QED) is 0.674. The zero-order valence-corrected chi connectivity index (χ0v) is 16.8. The third-order valence-electron chi connectivity index (χ3n) is 5.10. The van der Waals surface area contributed by atoms with Gasteiger partial charge < -0.3 is 15.6 Å². The van der Waals surface area contributed by atoms with Crippen LogP contribution in [0.3, 0.4) is 0 Å². The normalized spacial score (nSPS) is 15.5. The van der Waals surface area contributed by atoms with Crippen molar-refractivity contribution in [2.45, 2.75) is 32.6 Å². The van der Waals surface area contributed by atoms with Gasteiger partial charge in [0.2, 0.25) is 0 Å². The van der Waals surface area contributed by atoms with Gasteiger partial charge in [-0.05, 0) is 44.9 Å². The molecule has 2 aromatic heterocycles. The lowest BCUT2D eigenvalue weighted by Crippen LogP contribution is -2.34. The van der Waals surface area contributed by atoms with Gasteiger partial charge in [-0.3, -0.25) is 0 Å². The highest BCUT2D eigenvalue weighted by molar-refractivity contribution is 6.34. The smallest absolute Gasteiger partial charge is 0.197 e. The molecule has 3 N–H and O–H groups in total. The van der Waals surface area contributed by atoms with E-state index in [0.29, 0.717) is 21.9 Å². The zero-order valence-electron chi connectivity index (χ0n) is 15.3. The van der Waals surface area contributed by atoms with E-state index >= 15 is 0 Å². The number of H-pyrrole nitrogens is 1. The number of aromatic amines is 1. The third kappa shape index (κ3) is 3.51. The molecule has 3 heterocycles. The van der Waals surface area contributed by atoms with Crippen molar-refractivity contribution in [2.75, 3.05) is 23.7 Å². The summed E-state index contributed by atoms with van der Waals surface area (Å²) >= 11 is 12.6. The molecule has 6 nitrogen and oxygen atoms in total. The van der Waals surface area contributed by atoms with Crippen molar-refractivity contribution < 1.29 is 0 Å². The second-order valence-corrected chi connectivity index (χ2v) is 7.89. The topological polar surface area (TPSA) is 75.8 Å². The van der Waals surface area contributed by atoms with E-state index < -0.39 is 0 Å². The van der Waals surface area contributed by atoms with E-state index in [0.717, 1.165) is 54.5 Å². The Morgan fingerprint density at radius 2 is 1.89 bits per heavy atom. The molecule has 1 aliphatic heterocycles. The number of nitrogens with two attached hydrogens (primary N) is 1. The van der Waals surface area contributed by atoms with Gasteiger partial charge in [-0.1, -0.05) is 23.2 Å². The molecule has 0 atom stereocenters. The summed E-state index contributed by atoms with van der Waals surface area (Å²) in [7, 11) is 0. The fourth-order valence-corrected chi connectivity index (χ4v) is 4.18. The molecule has 0 radical (unpaired) electrons. The highest BCUT2D eigenvalue weighted by Crippen LogP contribution is 2.34. The number of hydrogen-bond acceptors (Lipinski definition) is 4. The Balaban J connectivity index is 1.59. The first-order valence-corrected chi connectivity index (χ1v) is 9.77. The maximum atomic E-state index is 6.41. The van der Waals surface area contributed by atoms with Gasteiger partial charge in [-0.25, -0.2) is 9.67 Å². The number of benzene rings is 1. The number of imidazole rings is 1. The Bertz CT molecular complexity index is 969. The van der Waals surface area contributed by atoms with Crippen LogP contribution in [0.25, 0.3) is 5.69 Å². The van der Waals surface area contributed by atoms with Crippen LogP contribution in [0.1, 0.15) is 35.8 Å². The summed E-state index contributed by atoms with van der Waals surface area (Å²) in [6.07, 6.45) is 2.03. The lowest BCUT2D eigenvalue weighted by molar-refractivity contribution is 0.490. The summed E-state index contributed by atoms with van der Waals surface area (Å²) in [5, 5.41) is 5.91. The number of piperidine rings is 1. The molecule has 1 aromatic carbocycles. The molecule has 4 rings (SSSR count). The van der Waals surface area contributed by atoms with Crippen LogP contribution in [0.5, 0.6) is 0 Å². The maximum absolute atomic E-state index is 6.41. The molecular weight excluding hydrogens is 383 g/mol. The fraction of sp³-hybridized carbons (Fsp3) is 0.368. The standard InChI is InChI=1S/C19H22Cl2N6/c1-11-9-17(27(25-11)16-10-14(20)3-4-15(16)21)26-7-5-13(6-8-26)18-12(2)23-19(22)24-18/h3-4,9-10,13H,5-8H2,1-2H3,(H3,22,23,24). The number of anilines is 2. The SMILES string of the molecule is Cc1cc(N2CCC(c3nc(N)[nH]c3C)CC2)n(-c2cc(Cl)ccc2Cl)n1. The van der Waals surface area contributed by atoms with E-state index in [2.05, 4.69) is 26.0 Å².